The maximum Gasteiger partial charge on any atom is 0.302 e. The average molecular weight is 366 g/mol. The molecule has 0 aliphatic carbocycles. The van der Waals surface area contributed by atoms with Crippen molar-refractivity contribution < 1.29 is 34.0 Å². The summed E-state index contributed by atoms with van der Waals surface area (Å²) >= 11 is 0. The molecule has 0 aromatic carbocycles. The molecule has 0 radical (unpaired) electrons. The molecular formula is C18H38O7. The molecule has 2 N–H and O–H groups in total. The number of hydrogen-bond donors (Lipinski definition) is 2. The van der Waals surface area contributed by atoms with E-state index in [1.54, 1.807) is 13.8 Å². The van der Waals surface area contributed by atoms with E-state index in [0.717, 1.165) is 13.2 Å². The molecule has 7 nitrogen and oxygen atoms in total. The number of esters is 1. The zero-order valence-electron chi connectivity index (χ0n) is 16.7. The largest absolute Gasteiger partial charge is 0.462 e. The van der Waals surface area contributed by atoms with Crippen LogP contribution in [0.15, 0.2) is 12.7 Å². The minimum atomic E-state index is -0.447. The Morgan fingerprint density at radius 3 is 1.88 bits per heavy atom. The number of aliphatic hydroxyl groups is 2. The van der Waals surface area contributed by atoms with Gasteiger partial charge in [-0.25, -0.2) is 0 Å². The molecule has 0 aliphatic rings. The molecule has 0 fully saturated rings. The second-order valence-corrected chi connectivity index (χ2v) is 5.19. The highest BCUT2D eigenvalue weighted by Crippen LogP contribution is 1.97. The van der Waals surface area contributed by atoms with Crippen LogP contribution in [-0.4, -0.2) is 74.1 Å². The lowest BCUT2D eigenvalue weighted by Gasteiger charge is -2.16. The Bertz CT molecular complexity index is 281. The molecule has 7 heteroatoms. The molecule has 152 valence electrons. The van der Waals surface area contributed by atoms with Crippen LogP contribution in [0.3, 0.4) is 0 Å². The third kappa shape index (κ3) is 35.1. The van der Waals surface area contributed by atoms with E-state index >= 15 is 0 Å². The van der Waals surface area contributed by atoms with Gasteiger partial charge in [0, 0.05) is 20.1 Å². The van der Waals surface area contributed by atoms with Gasteiger partial charge in [0.2, 0.25) is 0 Å². The van der Waals surface area contributed by atoms with Crippen molar-refractivity contribution in [3.8, 4) is 0 Å². The molecule has 0 bridgehead atoms. The van der Waals surface area contributed by atoms with Crippen LogP contribution in [0.5, 0.6) is 0 Å². The van der Waals surface area contributed by atoms with Gasteiger partial charge < -0.3 is 29.2 Å². The predicted octanol–water partition coefficient (Wildman–Crippen LogP) is 1.95. The highest BCUT2D eigenvalue weighted by atomic mass is 16.5. The summed E-state index contributed by atoms with van der Waals surface area (Å²) in [7, 11) is 0. The smallest absolute Gasteiger partial charge is 0.302 e. The average Bonchev–Trinajstić information content (AvgIpc) is 2.57. The third-order valence-corrected chi connectivity index (χ3v) is 2.31. The van der Waals surface area contributed by atoms with Gasteiger partial charge in [-0.2, -0.15) is 0 Å². The second kappa shape index (κ2) is 23.0. The number of rotatable bonds is 11. The van der Waals surface area contributed by atoms with E-state index in [1.165, 1.54) is 13.0 Å². The molecule has 0 spiro atoms. The maximum absolute atomic E-state index is 9.93. The van der Waals surface area contributed by atoms with Crippen LogP contribution in [0.4, 0.5) is 0 Å². The van der Waals surface area contributed by atoms with Crippen LogP contribution in [-0.2, 0) is 23.7 Å². The quantitative estimate of drug-likeness (QED) is 0.426. The van der Waals surface area contributed by atoms with Crippen molar-refractivity contribution in [3.05, 3.63) is 12.7 Å². The SMILES string of the molecule is C=CCOC(C)=O.CC(O)COC(C)COC(C)CO.CCOCC. The fourth-order valence-electron chi connectivity index (χ4n) is 1.08. The number of ether oxygens (including phenoxy) is 4. The van der Waals surface area contributed by atoms with Crippen molar-refractivity contribution in [1.82, 2.24) is 0 Å². The van der Waals surface area contributed by atoms with Gasteiger partial charge in [0.25, 0.3) is 0 Å². The zero-order chi connectivity index (χ0) is 20.1. The molecule has 0 aromatic rings. The van der Waals surface area contributed by atoms with Crippen molar-refractivity contribution in [1.29, 1.82) is 0 Å². The fraction of sp³-hybridized carbons (Fsp3) is 0.833. The molecule has 0 amide bonds. The van der Waals surface area contributed by atoms with E-state index in [0.29, 0.717) is 19.8 Å². The van der Waals surface area contributed by atoms with Crippen molar-refractivity contribution in [2.24, 2.45) is 0 Å². The summed E-state index contributed by atoms with van der Waals surface area (Å²) in [6.07, 6.45) is 0.875. The van der Waals surface area contributed by atoms with Gasteiger partial charge >= 0.3 is 5.97 Å². The number of hydrogen-bond acceptors (Lipinski definition) is 7. The Balaban J connectivity index is -0.000000337. The monoisotopic (exact) mass is 366 g/mol. The summed E-state index contributed by atoms with van der Waals surface area (Å²) in [6, 6.07) is 0. The first kappa shape index (κ1) is 28.8. The Kier molecular flexibility index (Phi) is 26.5. The van der Waals surface area contributed by atoms with Gasteiger partial charge in [-0.05, 0) is 34.6 Å². The maximum atomic E-state index is 9.93. The topological polar surface area (TPSA) is 94.5 Å². The van der Waals surface area contributed by atoms with Gasteiger partial charge in [0.1, 0.15) is 6.61 Å². The fourth-order valence-corrected chi connectivity index (χ4v) is 1.08. The number of carbonyl (C=O) groups excluding carboxylic acids is 1. The van der Waals surface area contributed by atoms with Crippen LogP contribution < -0.4 is 0 Å². The molecule has 25 heavy (non-hydrogen) atoms. The lowest BCUT2D eigenvalue weighted by atomic mass is 10.4. The van der Waals surface area contributed by atoms with E-state index in [9.17, 15) is 4.79 Å². The Morgan fingerprint density at radius 2 is 1.60 bits per heavy atom. The van der Waals surface area contributed by atoms with Gasteiger partial charge in [-0.3, -0.25) is 4.79 Å². The minimum Gasteiger partial charge on any atom is -0.462 e. The second-order valence-electron chi connectivity index (χ2n) is 5.19. The van der Waals surface area contributed by atoms with Crippen LogP contribution in [0.1, 0.15) is 41.5 Å². The summed E-state index contributed by atoms with van der Waals surface area (Å²) in [5.41, 5.74) is 0. The Hall–Kier alpha value is -0.990. The van der Waals surface area contributed by atoms with Crippen molar-refractivity contribution in [3.63, 3.8) is 0 Å². The number of carbonyl (C=O) groups is 1. The Labute approximate surface area is 152 Å². The van der Waals surface area contributed by atoms with E-state index in [4.69, 9.17) is 24.4 Å². The van der Waals surface area contributed by atoms with Crippen LogP contribution in [0, 0.1) is 0 Å². The van der Waals surface area contributed by atoms with Crippen LogP contribution in [0.25, 0.3) is 0 Å². The first-order valence-electron chi connectivity index (χ1n) is 8.58. The summed E-state index contributed by atoms with van der Waals surface area (Å²) < 4.78 is 19.7. The molecule has 0 rings (SSSR count). The van der Waals surface area contributed by atoms with Crippen LogP contribution in [0.2, 0.25) is 0 Å². The summed E-state index contributed by atoms with van der Waals surface area (Å²) in [6.45, 7) is 16.8. The van der Waals surface area contributed by atoms with Crippen molar-refractivity contribution in [2.45, 2.75) is 59.9 Å². The molecule has 3 unspecified atom stereocenters. The predicted molar refractivity (Wildman–Crippen MR) is 98.6 cm³/mol. The van der Waals surface area contributed by atoms with Crippen molar-refractivity contribution in [2.75, 3.05) is 39.6 Å². The van der Waals surface area contributed by atoms with Crippen molar-refractivity contribution >= 4 is 5.97 Å². The van der Waals surface area contributed by atoms with Crippen LogP contribution >= 0.6 is 0 Å². The highest BCUT2D eigenvalue weighted by molar-refractivity contribution is 5.65. The highest BCUT2D eigenvalue weighted by Gasteiger charge is 2.06. The van der Waals surface area contributed by atoms with Gasteiger partial charge in [0.15, 0.2) is 0 Å². The van der Waals surface area contributed by atoms with Gasteiger partial charge in [0.05, 0.1) is 38.1 Å². The van der Waals surface area contributed by atoms with E-state index in [1.807, 2.05) is 20.8 Å². The molecule has 0 aromatic heterocycles. The zero-order valence-corrected chi connectivity index (χ0v) is 16.7. The molecule has 0 saturated carbocycles. The lowest BCUT2D eigenvalue weighted by Crippen LogP contribution is -2.24. The van der Waals surface area contributed by atoms with Gasteiger partial charge in [-0.15, -0.1) is 0 Å². The third-order valence-electron chi connectivity index (χ3n) is 2.31. The summed E-state index contributed by atoms with van der Waals surface area (Å²) in [5, 5.41) is 17.6. The standard InChI is InChI=1S/C9H20O4.C5H8O2.C4H10O/c1-7(11)5-12-9(3)6-13-8(2)4-10;1-3-4-7-5(2)6;1-3-5-4-2/h7-11H,4-6H2,1-3H3;3H,1,4H2,2H3;3-4H2,1-2H3. The molecule has 0 saturated heterocycles. The lowest BCUT2D eigenvalue weighted by molar-refractivity contribution is -0.139. The molecular weight excluding hydrogens is 328 g/mol. The normalized spacial score (nSPS) is 13.3. The molecule has 0 heterocycles. The molecule has 3 atom stereocenters. The first-order valence-corrected chi connectivity index (χ1v) is 8.58. The van der Waals surface area contributed by atoms with E-state index in [-0.39, 0.29) is 24.8 Å². The van der Waals surface area contributed by atoms with Gasteiger partial charge in [-0.1, -0.05) is 12.7 Å². The van der Waals surface area contributed by atoms with E-state index < -0.39 is 6.10 Å². The first-order chi connectivity index (χ1) is 11.7. The Morgan fingerprint density at radius 1 is 1.08 bits per heavy atom. The summed E-state index contributed by atoms with van der Waals surface area (Å²) in [5.74, 6) is -0.264. The summed E-state index contributed by atoms with van der Waals surface area (Å²) in [4.78, 5) is 9.93. The van der Waals surface area contributed by atoms with E-state index in [2.05, 4.69) is 11.3 Å². The number of aliphatic hydroxyl groups excluding tert-OH is 2. The minimum absolute atomic E-state index is 0.0170. The molecule has 0 aliphatic heterocycles.